The molecule has 0 aliphatic heterocycles. The zero-order valence-electron chi connectivity index (χ0n) is 15.2. The average molecular weight is 470 g/mol. The van der Waals surface area contributed by atoms with Gasteiger partial charge in [0.1, 0.15) is 17.2 Å². The minimum absolute atomic E-state index is 0. The highest BCUT2D eigenvalue weighted by Gasteiger charge is 2.11. The number of fused-ring (bicyclic) bond motifs is 1. The fourth-order valence-corrected chi connectivity index (χ4v) is 2.74. The van der Waals surface area contributed by atoms with E-state index in [0.717, 1.165) is 34.8 Å². The van der Waals surface area contributed by atoms with Gasteiger partial charge in [0.2, 0.25) is 0 Å². The largest absolute Gasteiger partial charge is 0.459 e. The number of aromatic nitrogens is 1. The molecule has 0 amide bonds. The van der Waals surface area contributed by atoms with Crippen molar-refractivity contribution in [3.63, 3.8) is 0 Å². The molecule has 0 saturated heterocycles. The molecular formula is C19H24FIN4O. The Labute approximate surface area is 169 Å². The van der Waals surface area contributed by atoms with Crippen LogP contribution in [-0.2, 0) is 20.1 Å². The van der Waals surface area contributed by atoms with Gasteiger partial charge in [-0.2, -0.15) is 0 Å². The van der Waals surface area contributed by atoms with Gasteiger partial charge in [-0.25, -0.2) is 9.38 Å². The zero-order chi connectivity index (χ0) is 17.8. The number of nitrogens with zero attached hydrogens (tertiary/aromatic N) is 2. The zero-order valence-corrected chi connectivity index (χ0v) is 17.5. The molecule has 0 fully saturated rings. The van der Waals surface area contributed by atoms with E-state index in [1.165, 1.54) is 12.1 Å². The molecule has 0 saturated carbocycles. The van der Waals surface area contributed by atoms with Gasteiger partial charge in [-0.15, -0.1) is 24.0 Å². The highest BCUT2D eigenvalue weighted by atomic mass is 127. The van der Waals surface area contributed by atoms with Crippen molar-refractivity contribution in [3.8, 4) is 0 Å². The summed E-state index contributed by atoms with van der Waals surface area (Å²) in [5.74, 6) is 1.25. The lowest BCUT2D eigenvalue weighted by atomic mass is 10.1. The van der Waals surface area contributed by atoms with Crippen molar-refractivity contribution >= 4 is 40.9 Å². The second-order valence-electron chi connectivity index (χ2n) is 6.02. The maximum absolute atomic E-state index is 13.4. The molecule has 2 heterocycles. The Bertz CT molecular complexity index is 900. The third-order valence-electron chi connectivity index (χ3n) is 4.07. The first kappa shape index (κ1) is 20.3. The van der Waals surface area contributed by atoms with Crippen LogP contribution in [0.4, 0.5) is 4.39 Å². The maximum Gasteiger partial charge on any atom is 0.191 e. The predicted molar refractivity (Wildman–Crippen MR) is 113 cm³/mol. The lowest BCUT2D eigenvalue weighted by Gasteiger charge is -2.10. The van der Waals surface area contributed by atoms with Crippen LogP contribution in [0.1, 0.15) is 23.8 Å². The topological polar surface area (TPSA) is 54.5 Å². The van der Waals surface area contributed by atoms with Gasteiger partial charge >= 0.3 is 0 Å². The molecule has 26 heavy (non-hydrogen) atoms. The summed E-state index contributed by atoms with van der Waals surface area (Å²) in [6.07, 6.45) is 4.05. The highest BCUT2D eigenvalue weighted by Crippen LogP contribution is 2.25. The van der Waals surface area contributed by atoms with Gasteiger partial charge in [0.15, 0.2) is 5.96 Å². The van der Waals surface area contributed by atoms with E-state index in [4.69, 9.17) is 4.42 Å². The third-order valence-corrected chi connectivity index (χ3v) is 4.07. The molecule has 2 N–H and O–H groups in total. The van der Waals surface area contributed by atoms with Crippen LogP contribution < -0.4 is 10.6 Å². The summed E-state index contributed by atoms with van der Waals surface area (Å²) in [5.41, 5.74) is 2.79. The quantitative estimate of drug-likeness (QED) is 0.336. The van der Waals surface area contributed by atoms with E-state index < -0.39 is 0 Å². The number of aryl methyl sites for hydroxylation is 2. The first-order chi connectivity index (χ1) is 12.1. The molecular weight excluding hydrogens is 446 g/mol. The number of aliphatic imine (C=N–C) groups is 1. The Kier molecular flexibility index (Phi) is 7.07. The van der Waals surface area contributed by atoms with Crippen molar-refractivity contribution in [1.82, 2.24) is 15.2 Å². The van der Waals surface area contributed by atoms with Crippen LogP contribution >= 0.6 is 24.0 Å². The number of furan rings is 1. The molecule has 0 atom stereocenters. The lowest BCUT2D eigenvalue weighted by Crippen LogP contribution is -2.36. The molecule has 0 aliphatic carbocycles. The Morgan fingerprint density at radius 1 is 1.27 bits per heavy atom. The van der Waals surface area contributed by atoms with E-state index in [-0.39, 0.29) is 29.8 Å². The number of halogens is 2. The summed E-state index contributed by atoms with van der Waals surface area (Å²) < 4.78 is 21.3. The van der Waals surface area contributed by atoms with Gasteiger partial charge in [0.25, 0.3) is 0 Å². The summed E-state index contributed by atoms with van der Waals surface area (Å²) in [4.78, 5) is 4.59. The van der Waals surface area contributed by atoms with Crippen LogP contribution in [-0.4, -0.2) is 17.1 Å². The number of guanidine groups is 1. The van der Waals surface area contributed by atoms with Gasteiger partial charge in [-0.05, 0) is 43.7 Å². The molecule has 0 unspecified atom stereocenters. The van der Waals surface area contributed by atoms with Crippen molar-refractivity contribution in [2.75, 3.05) is 6.54 Å². The second-order valence-corrected chi connectivity index (χ2v) is 6.02. The predicted octanol–water partition coefficient (Wildman–Crippen LogP) is 4.09. The maximum atomic E-state index is 13.4. The van der Waals surface area contributed by atoms with E-state index in [1.54, 1.807) is 6.07 Å². The number of rotatable bonds is 5. The number of nitrogens with one attached hydrogen (secondary N) is 2. The van der Waals surface area contributed by atoms with Gasteiger partial charge in [-0.1, -0.05) is 0 Å². The van der Waals surface area contributed by atoms with E-state index in [1.807, 2.05) is 43.9 Å². The van der Waals surface area contributed by atoms with E-state index in [0.29, 0.717) is 18.7 Å². The number of hydrogen-bond acceptors (Lipinski definition) is 2. The average Bonchev–Trinajstić information content (AvgIpc) is 3.14. The van der Waals surface area contributed by atoms with Crippen LogP contribution in [0, 0.1) is 12.7 Å². The Morgan fingerprint density at radius 2 is 2.08 bits per heavy atom. The van der Waals surface area contributed by atoms with Gasteiger partial charge in [0.05, 0.1) is 13.1 Å². The van der Waals surface area contributed by atoms with Crippen LogP contribution in [0.3, 0.4) is 0 Å². The van der Waals surface area contributed by atoms with Gasteiger partial charge in [0, 0.05) is 36.9 Å². The second kappa shape index (κ2) is 9.07. The molecule has 3 aromatic rings. The van der Waals surface area contributed by atoms with Crippen LogP contribution in [0.15, 0.2) is 46.1 Å². The number of hydrogen-bond donors (Lipinski definition) is 2. The molecule has 0 spiro atoms. The minimum Gasteiger partial charge on any atom is -0.459 e. The molecule has 7 heteroatoms. The Balaban J connectivity index is 0.00000243. The molecule has 0 bridgehead atoms. The summed E-state index contributed by atoms with van der Waals surface area (Å²) in [7, 11) is 1.99. The Hall–Kier alpha value is -2.03. The first-order valence-electron chi connectivity index (χ1n) is 8.37. The van der Waals surface area contributed by atoms with E-state index in [9.17, 15) is 4.39 Å². The molecule has 1 aromatic carbocycles. The van der Waals surface area contributed by atoms with E-state index >= 15 is 0 Å². The molecule has 2 aromatic heterocycles. The Morgan fingerprint density at radius 3 is 2.77 bits per heavy atom. The third kappa shape index (κ3) is 4.78. The first-order valence-corrected chi connectivity index (χ1v) is 8.37. The van der Waals surface area contributed by atoms with Gasteiger partial charge in [-0.3, -0.25) is 0 Å². The monoisotopic (exact) mass is 470 g/mol. The number of benzene rings is 1. The van der Waals surface area contributed by atoms with Crippen molar-refractivity contribution in [1.29, 1.82) is 0 Å². The van der Waals surface area contributed by atoms with E-state index in [2.05, 4.69) is 15.6 Å². The van der Waals surface area contributed by atoms with Crippen molar-refractivity contribution in [3.05, 3.63) is 59.4 Å². The molecule has 0 radical (unpaired) electrons. The summed E-state index contributed by atoms with van der Waals surface area (Å²) in [5, 5.41) is 7.31. The van der Waals surface area contributed by atoms with Crippen molar-refractivity contribution < 1.29 is 8.81 Å². The van der Waals surface area contributed by atoms with Crippen LogP contribution in [0.5, 0.6) is 0 Å². The normalized spacial score (nSPS) is 11.5. The SMILES string of the molecule is CCNC(=NCc1ccn(C)c1)NCc1oc2ccc(F)cc2c1C.I. The smallest absolute Gasteiger partial charge is 0.191 e. The molecule has 0 aliphatic rings. The van der Waals surface area contributed by atoms with Crippen molar-refractivity contribution in [2.45, 2.75) is 26.9 Å². The molecule has 3 rings (SSSR count). The molecule has 140 valence electrons. The van der Waals surface area contributed by atoms with Crippen LogP contribution in [0.2, 0.25) is 0 Å². The van der Waals surface area contributed by atoms with Crippen LogP contribution in [0.25, 0.3) is 11.0 Å². The lowest BCUT2D eigenvalue weighted by molar-refractivity contribution is 0.534. The highest BCUT2D eigenvalue weighted by molar-refractivity contribution is 14.0. The standard InChI is InChI=1S/C19H23FN4O.HI/c1-4-21-19(22-10-14-7-8-24(3)12-14)23-11-18-13(2)16-9-15(20)5-6-17(16)25-18;/h5-9,12H,4,10-11H2,1-3H3,(H2,21,22,23);1H. The minimum atomic E-state index is -0.256. The summed E-state index contributed by atoms with van der Waals surface area (Å²) in [6.45, 7) is 5.82. The van der Waals surface area contributed by atoms with Crippen molar-refractivity contribution in [2.24, 2.45) is 12.0 Å². The fraction of sp³-hybridized carbons (Fsp3) is 0.316. The fourth-order valence-electron chi connectivity index (χ4n) is 2.74. The summed E-state index contributed by atoms with van der Waals surface area (Å²) >= 11 is 0. The molecule has 5 nitrogen and oxygen atoms in total. The van der Waals surface area contributed by atoms with Gasteiger partial charge < -0.3 is 19.6 Å². The summed E-state index contributed by atoms with van der Waals surface area (Å²) in [6, 6.07) is 6.63.